The number of hydrogen-bond donors (Lipinski definition) is 2. The third kappa shape index (κ3) is 5.53. The Morgan fingerprint density at radius 3 is 2.28 bits per heavy atom. The van der Waals surface area contributed by atoms with Crippen molar-refractivity contribution in [3.05, 3.63) is 87.6 Å². The molecule has 2 aromatic carbocycles. The van der Waals surface area contributed by atoms with Crippen molar-refractivity contribution in [3.63, 3.8) is 0 Å². The number of carbonyl (C=O) groups is 2. The molecule has 1 atom stereocenters. The average Bonchev–Trinajstić information content (AvgIpc) is 3.24. The van der Waals surface area contributed by atoms with E-state index in [1.807, 2.05) is 11.4 Å². The van der Waals surface area contributed by atoms with E-state index in [1.165, 1.54) is 10.5 Å². The summed E-state index contributed by atoms with van der Waals surface area (Å²) in [5.74, 6) is -0.202. The summed E-state index contributed by atoms with van der Waals surface area (Å²) in [6, 6.07) is 19.3. The summed E-state index contributed by atoms with van der Waals surface area (Å²) in [6.07, 6.45) is 0. The van der Waals surface area contributed by atoms with Crippen molar-refractivity contribution in [1.82, 2.24) is 10.2 Å². The zero-order valence-corrected chi connectivity index (χ0v) is 17.6. The number of carbonyl (C=O) groups excluding carboxylic acids is 2. The topological polar surface area (TPSA) is 61.4 Å². The highest BCUT2D eigenvalue weighted by Crippen LogP contribution is 2.26. The molecule has 1 heterocycles. The van der Waals surface area contributed by atoms with Crippen LogP contribution in [-0.4, -0.2) is 37.4 Å². The van der Waals surface area contributed by atoms with Gasteiger partial charge in [-0.1, -0.05) is 35.9 Å². The molecule has 3 rings (SSSR count). The summed E-state index contributed by atoms with van der Waals surface area (Å²) in [5, 5.41) is 8.27. The first-order valence-electron chi connectivity index (χ1n) is 9.39. The van der Waals surface area contributed by atoms with Crippen LogP contribution >= 0.6 is 11.3 Å². The number of aryl methyl sites for hydroxylation is 1. The van der Waals surface area contributed by atoms with Crippen molar-refractivity contribution < 1.29 is 9.59 Å². The van der Waals surface area contributed by atoms with E-state index in [9.17, 15) is 9.59 Å². The number of anilines is 1. The Morgan fingerprint density at radius 1 is 1.00 bits per heavy atom. The van der Waals surface area contributed by atoms with Crippen molar-refractivity contribution in [2.45, 2.75) is 13.0 Å². The molecule has 0 spiro atoms. The highest BCUT2D eigenvalue weighted by Gasteiger charge is 2.16. The van der Waals surface area contributed by atoms with Gasteiger partial charge in [-0.05, 0) is 48.2 Å². The predicted octanol–water partition coefficient (Wildman–Crippen LogP) is 4.08. The van der Waals surface area contributed by atoms with Gasteiger partial charge in [0.15, 0.2) is 0 Å². The molecule has 150 valence electrons. The molecule has 0 fully saturated rings. The number of thiophene rings is 1. The normalized spacial score (nSPS) is 11.7. The second-order valence-corrected chi connectivity index (χ2v) is 8.04. The van der Waals surface area contributed by atoms with Gasteiger partial charge >= 0.3 is 0 Å². The minimum atomic E-state index is -0.134. The van der Waals surface area contributed by atoms with E-state index in [2.05, 4.69) is 47.9 Å². The summed E-state index contributed by atoms with van der Waals surface area (Å²) in [7, 11) is 3.42. The van der Waals surface area contributed by atoms with Crippen LogP contribution < -0.4 is 10.6 Å². The molecular formula is C23H25N3O2S. The Hall–Kier alpha value is -2.96. The summed E-state index contributed by atoms with van der Waals surface area (Å²) in [5.41, 5.74) is 3.57. The molecule has 3 aromatic rings. The highest BCUT2D eigenvalue weighted by atomic mass is 32.1. The van der Waals surface area contributed by atoms with E-state index in [-0.39, 0.29) is 24.4 Å². The molecule has 2 amide bonds. The lowest BCUT2D eigenvalue weighted by Crippen LogP contribution is -2.31. The molecule has 0 aliphatic rings. The van der Waals surface area contributed by atoms with Gasteiger partial charge in [0, 0.05) is 30.2 Å². The third-order valence-electron chi connectivity index (χ3n) is 4.53. The molecule has 0 aliphatic carbocycles. The third-order valence-corrected chi connectivity index (χ3v) is 5.46. The first-order valence-corrected chi connectivity index (χ1v) is 10.3. The monoisotopic (exact) mass is 407 g/mol. The van der Waals surface area contributed by atoms with E-state index in [4.69, 9.17) is 0 Å². The smallest absolute Gasteiger partial charge is 0.253 e. The number of hydrogen-bond acceptors (Lipinski definition) is 4. The summed E-state index contributed by atoms with van der Waals surface area (Å²) in [6.45, 7) is 2.23. The Morgan fingerprint density at radius 2 is 1.69 bits per heavy atom. The number of amides is 2. The van der Waals surface area contributed by atoms with Crippen LogP contribution in [0.3, 0.4) is 0 Å². The molecule has 0 unspecified atom stereocenters. The molecule has 1 aromatic heterocycles. The van der Waals surface area contributed by atoms with E-state index >= 15 is 0 Å². The largest absolute Gasteiger partial charge is 0.345 e. The predicted molar refractivity (Wildman–Crippen MR) is 118 cm³/mol. The molecule has 0 aliphatic heterocycles. The van der Waals surface area contributed by atoms with Crippen LogP contribution in [0.5, 0.6) is 0 Å². The van der Waals surface area contributed by atoms with Gasteiger partial charge in [-0.15, -0.1) is 11.3 Å². The van der Waals surface area contributed by atoms with E-state index < -0.39 is 0 Å². The van der Waals surface area contributed by atoms with Gasteiger partial charge in [-0.25, -0.2) is 0 Å². The molecular weight excluding hydrogens is 382 g/mol. The van der Waals surface area contributed by atoms with E-state index in [0.717, 1.165) is 10.4 Å². The Labute approximate surface area is 175 Å². The molecule has 2 N–H and O–H groups in total. The second kappa shape index (κ2) is 9.49. The van der Waals surface area contributed by atoms with Crippen LogP contribution in [0.15, 0.2) is 66.0 Å². The van der Waals surface area contributed by atoms with Crippen molar-refractivity contribution in [2.24, 2.45) is 0 Å². The van der Waals surface area contributed by atoms with Gasteiger partial charge in [-0.3, -0.25) is 14.9 Å². The van der Waals surface area contributed by atoms with Crippen molar-refractivity contribution in [3.8, 4) is 0 Å². The molecule has 5 nitrogen and oxygen atoms in total. The zero-order valence-electron chi connectivity index (χ0n) is 16.8. The van der Waals surface area contributed by atoms with E-state index in [0.29, 0.717) is 11.3 Å². The molecule has 29 heavy (non-hydrogen) atoms. The molecule has 0 saturated carbocycles. The maximum Gasteiger partial charge on any atom is 0.253 e. The van der Waals surface area contributed by atoms with Gasteiger partial charge in [-0.2, -0.15) is 0 Å². The van der Waals surface area contributed by atoms with Gasteiger partial charge in [0.1, 0.15) is 0 Å². The molecule has 0 saturated heterocycles. The zero-order chi connectivity index (χ0) is 20.8. The van der Waals surface area contributed by atoms with Crippen molar-refractivity contribution in [2.75, 3.05) is 26.0 Å². The van der Waals surface area contributed by atoms with Crippen LogP contribution in [0.2, 0.25) is 0 Å². The first kappa shape index (κ1) is 20.8. The number of nitrogens with zero attached hydrogens (tertiary/aromatic N) is 1. The summed E-state index contributed by atoms with van der Waals surface area (Å²) >= 11 is 1.66. The number of rotatable bonds is 7. The Kier molecular flexibility index (Phi) is 6.80. The van der Waals surface area contributed by atoms with Crippen molar-refractivity contribution >= 4 is 28.8 Å². The summed E-state index contributed by atoms with van der Waals surface area (Å²) < 4.78 is 0. The maximum absolute atomic E-state index is 12.5. The van der Waals surface area contributed by atoms with Crippen LogP contribution in [-0.2, 0) is 4.79 Å². The lowest BCUT2D eigenvalue weighted by molar-refractivity contribution is -0.115. The average molecular weight is 408 g/mol. The fraction of sp³-hybridized carbons (Fsp3) is 0.217. The van der Waals surface area contributed by atoms with Gasteiger partial charge in [0.05, 0.1) is 12.6 Å². The minimum absolute atomic E-state index is 0.0403. The highest BCUT2D eigenvalue weighted by molar-refractivity contribution is 7.10. The minimum Gasteiger partial charge on any atom is -0.345 e. The Bertz CT molecular complexity index is 949. The van der Waals surface area contributed by atoms with Crippen LogP contribution in [0, 0.1) is 6.92 Å². The molecule has 0 radical (unpaired) electrons. The van der Waals surface area contributed by atoms with Gasteiger partial charge < -0.3 is 10.2 Å². The maximum atomic E-state index is 12.5. The second-order valence-electron chi connectivity index (χ2n) is 7.07. The molecule has 6 heteroatoms. The van der Waals surface area contributed by atoms with Gasteiger partial charge in [0.2, 0.25) is 5.91 Å². The fourth-order valence-electron chi connectivity index (χ4n) is 2.95. The lowest BCUT2D eigenvalue weighted by atomic mass is 10.0. The van der Waals surface area contributed by atoms with E-state index in [1.54, 1.807) is 49.7 Å². The number of nitrogens with one attached hydrogen (secondary N) is 2. The first-order chi connectivity index (χ1) is 13.9. The quantitative estimate of drug-likeness (QED) is 0.620. The Balaban J connectivity index is 1.63. The molecule has 0 bridgehead atoms. The lowest BCUT2D eigenvalue weighted by Gasteiger charge is -2.18. The van der Waals surface area contributed by atoms with Crippen molar-refractivity contribution in [1.29, 1.82) is 0 Å². The van der Waals surface area contributed by atoms with Gasteiger partial charge in [0.25, 0.3) is 5.91 Å². The standard InChI is InChI=1S/C23H25N3O2S/c1-16-6-8-17(9-7-16)22(20-5-4-14-29-20)24-15-21(27)25-19-12-10-18(11-13-19)23(28)26(2)3/h4-14,22,24H,15H2,1-3H3,(H,25,27)/t22-/m1/s1. The van der Waals surface area contributed by atoms with Crippen LogP contribution in [0.4, 0.5) is 5.69 Å². The SMILES string of the molecule is Cc1ccc([C@@H](NCC(=O)Nc2ccc(C(=O)N(C)C)cc2)c2cccs2)cc1. The van der Waals surface area contributed by atoms with Crippen LogP contribution in [0.1, 0.15) is 32.4 Å². The summed E-state index contributed by atoms with van der Waals surface area (Å²) in [4.78, 5) is 27.1. The van der Waals surface area contributed by atoms with Crippen LogP contribution in [0.25, 0.3) is 0 Å². The fourth-order valence-corrected chi connectivity index (χ4v) is 3.78. The number of benzene rings is 2.